The second-order valence-corrected chi connectivity index (χ2v) is 6.72. The Morgan fingerprint density at radius 3 is 2.83 bits per heavy atom. The number of benzene rings is 1. The van der Waals surface area contributed by atoms with Crippen molar-refractivity contribution in [2.24, 2.45) is 5.92 Å². The van der Waals surface area contributed by atoms with E-state index < -0.39 is 6.09 Å². The molecule has 134 valence electrons. The lowest BCUT2D eigenvalue weighted by Crippen LogP contribution is -2.31. The predicted molar refractivity (Wildman–Crippen MR) is 96.6 cm³/mol. The lowest BCUT2D eigenvalue weighted by molar-refractivity contribution is 0.0780. The minimum Gasteiger partial charge on any atom is -0.491 e. The molecular formula is C19H30N2O3. The number of rotatable bonds is 8. The van der Waals surface area contributed by atoms with Gasteiger partial charge in [-0.1, -0.05) is 25.5 Å². The van der Waals surface area contributed by atoms with Crippen LogP contribution in [0.1, 0.15) is 39.0 Å². The Morgan fingerprint density at radius 2 is 2.08 bits per heavy atom. The van der Waals surface area contributed by atoms with Gasteiger partial charge >= 0.3 is 6.09 Å². The number of para-hydroxylation sites is 2. The minimum atomic E-state index is -0.391. The largest absolute Gasteiger partial charge is 0.491 e. The van der Waals surface area contributed by atoms with E-state index in [1.807, 2.05) is 24.3 Å². The Hall–Kier alpha value is -1.75. The standard InChI is InChI=1S/C19H30N2O3/c1-4-5-13-23-18-11-7-6-10-16(18)20-19(22)24-17-12-8-9-15(17)14-21(2)3/h6-7,10-11,15,17H,4-5,8-9,12-14H2,1-3H3,(H,20,22)/t15-,17+/m0/s1. The average molecular weight is 334 g/mol. The third kappa shape index (κ3) is 5.71. The van der Waals surface area contributed by atoms with Gasteiger partial charge in [0.1, 0.15) is 11.9 Å². The van der Waals surface area contributed by atoms with Crippen molar-refractivity contribution in [2.75, 3.05) is 32.6 Å². The topological polar surface area (TPSA) is 50.8 Å². The van der Waals surface area contributed by atoms with Crippen molar-refractivity contribution in [3.05, 3.63) is 24.3 Å². The van der Waals surface area contributed by atoms with Gasteiger partial charge in [-0.3, -0.25) is 5.32 Å². The van der Waals surface area contributed by atoms with E-state index >= 15 is 0 Å². The Balaban J connectivity index is 1.90. The van der Waals surface area contributed by atoms with Crippen LogP contribution in [0.4, 0.5) is 10.5 Å². The fraction of sp³-hybridized carbons (Fsp3) is 0.632. The molecule has 0 aliphatic heterocycles. The van der Waals surface area contributed by atoms with Gasteiger partial charge in [0.15, 0.2) is 0 Å². The van der Waals surface area contributed by atoms with Gasteiger partial charge in [-0.15, -0.1) is 0 Å². The van der Waals surface area contributed by atoms with Crippen LogP contribution in [-0.2, 0) is 4.74 Å². The van der Waals surface area contributed by atoms with Gasteiger partial charge in [-0.05, 0) is 51.9 Å². The summed E-state index contributed by atoms with van der Waals surface area (Å²) >= 11 is 0. The molecule has 1 saturated carbocycles. The molecule has 0 saturated heterocycles. The summed E-state index contributed by atoms with van der Waals surface area (Å²) in [7, 11) is 4.11. The van der Waals surface area contributed by atoms with Crippen molar-refractivity contribution >= 4 is 11.8 Å². The van der Waals surface area contributed by atoms with Crippen molar-refractivity contribution in [3.8, 4) is 5.75 Å². The van der Waals surface area contributed by atoms with Crippen LogP contribution in [0.25, 0.3) is 0 Å². The summed E-state index contributed by atoms with van der Waals surface area (Å²) in [5.41, 5.74) is 0.667. The molecule has 1 amide bonds. The summed E-state index contributed by atoms with van der Waals surface area (Å²) in [5, 5.41) is 2.84. The molecule has 5 nitrogen and oxygen atoms in total. The molecule has 0 radical (unpaired) electrons. The van der Waals surface area contributed by atoms with Crippen LogP contribution in [0.5, 0.6) is 5.75 Å². The number of amides is 1. The summed E-state index contributed by atoms with van der Waals surface area (Å²) in [6, 6.07) is 7.50. The molecular weight excluding hydrogens is 304 g/mol. The number of hydrogen-bond acceptors (Lipinski definition) is 4. The van der Waals surface area contributed by atoms with Crippen molar-refractivity contribution < 1.29 is 14.3 Å². The zero-order valence-electron chi connectivity index (χ0n) is 15.1. The van der Waals surface area contributed by atoms with Gasteiger partial charge in [0, 0.05) is 12.5 Å². The number of anilines is 1. The van der Waals surface area contributed by atoms with Crippen LogP contribution in [0.2, 0.25) is 0 Å². The van der Waals surface area contributed by atoms with E-state index in [4.69, 9.17) is 9.47 Å². The lowest BCUT2D eigenvalue weighted by atomic mass is 10.1. The second kappa shape index (κ2) is 9.52. The average Bonchev–Trinajstić information content (AvgIpc) is 2.95. The van der Waals surface area contributed by atoms with Gasteiger partial charge in [-0.2, -0.15) is 0 Å². The Kier molecular flexibility index (Phi) is 7.37. The van der Waals surface area contributed by atoms with Crippen LogP contribution in [0, 0.1) is 5.92 Å². The van der Waals surface area contributed by atoms with E-state index in [2.05, 4.69) is 31.2 Å². The van der Waals surface area contributed by atoms with Gasteiger partial charge in [-0.25, -0.2) is 4.79 Å². The number of unbranched alkanes of at least 4 members (excludes halogenated alkanes) is 1. The van der Waals surface area contributed by atoms with Gasteiger partial charge in [0.05, 0.1) is 12.3 Å². The monoisotopic (exact) mass is 334 g/mol. The van der Waals surface area contributed by atoms with E-state index in [9.17, 15) is 4.79 Å². The molecule has 0 spiro atoms. The first-order valence-corrected chi connectivity index (χ1v) is 8.94. The smallest absolute Gasteiger partial charge is 0.412 e. The molecule has 1 aromatic carbocycles. The maximum atomic E-state index is 12.3. The van der Waals surface area contributed by atoms with Crippen LogP contribution in [-0.4, -0.2) is 44.3 Å². The fourth-order valence-electron chi connectivity index (χ4n) is 3.13. The highest BCUT2D eigenvalue weighted by Crippen LogP contribution is 2.30. The molecule has 5 heteroatoms. The van der Waals surface area contributed by atoms with Crippen LogP contribution >= 0.6 is 0 Å². The summed E-state index contributed by atoms with van der Waals surface area (Å²) in [6.07, 6.45) is 4.86. The van der Waals surface area contributed by atoms with Crippen molar-refractivity contribution in [1.82, 2.24) is 4.90 Å². The molecule has 0 aromatic heterocycles. The minimum absolute atomic E-state index is 0.000530. The Bertz CT molecular complexity index is 519. The quantitative estimate of drug-likeness (QED) is 0.726. The first kappa shape index (κ1) is 18.6. The first-order chi connectivity index (χ1) is 11.6. The zero-order valence-corrected chi connectivity index (χ0v) is 15.1. The number of nitrogens with one attached hydrogen (secondary N) is 1. The van der Waals surface area contributed by atoms with Crippen molar-refractivity contribution in [3.63, 3.8) is 0 Å². The Morgan fingerprint density at radius 1 is 1.29 bits per heavy atom. The predicted octanol–water partition coefficient (Wildman–Crippen LogP) is 4.14. The Labute approximate surface area is 145 Å². The number of hydrogen-bond donors (Lipinski definition) is 1. The molecule has 1 fully saturated rings. The lowest BCUT2D eigenvalue weighted by Gasteiger charge is -2.23. The van der Waals surface area contributed by atoms with Crippen LogP contribution in [0.3, 0.4) is 0 Å². The number of nitrogens with zero attached hydrogens (tertiary/aromatic N) is 1. The fourth-order valence-corrected chi connectivity index (χ4v) is 3.13. The van der Waals surface area contributed by atoms with E-state index in [1.165, 1.54) is 0 Å². The van der Waals surface area contributed by atoms with E-state index in [1.54, 1.807) is 0 Å². The number of carbonyl (C=O) groups is 1. The van der Waals surface area contributed by atoms with Crippen LogP contribution in [0.15, 0.2) is 24.3 Å². The molecule has 1 aliphatic carbocycles. The van der Waals surface area contributed by atoms with Gasteiger partial charge < -0.3 is 14.4 Å². The highest BCUT2D eigenvalue weighted by atomic mass is 16.6. The molecule has 1 aromatic rings. The molecule has 0 heterocycles. The summed E-state index contributed by atoms with van der Waals surface area (Å²) in [4.78, 5) is 14.4. The number of carbonyl (C=O) groups excluding carboxylic acids is 1. The third-order valence-corrected chi connectivity index (χ3v) is 4.33. The maximum absolute atomic E-state index is 12.3. The molecule has 2 rings (SSSR count). The molecule has 0 unspecified atom stereocenters. The highest BCUT2D eigenvalue weighted by Gasteiger charge is 2.30. The third-order valence-electron chi connectivity index (χ3n) is 4.33. The molecule has 1 N–H and O–H groups in total. The zero-order chi connectivity index (χ0) is 17.4. The SMILES string of the molecule is CCCCOc1ccccc1NC(=O)O[C@@H]1CCC[C@H]1CN(C)C. The summed E-state index contributed by atoms with van der Waals surface area (Å²) in [6.45, 7) is 3.73. The van der Waals surface area contributed by atoms with Gasteiger partial charge in [0.2, 0.25) is 0 Å². The normalized spacial score (nSPS) is 20.2. The van der Waals surface area contributed by atoms with Gasteiger partial charge in [0.25, 0.3) is 0 Å². The van der Waals surface area contributed by atoms with Crippen molar-refractivity contribution in [2.45, 2.75) is 45.1 Å². The summed E-state index contributed by atoms with van der Waals surface area (Å²) in [5.74, 6) is 1.11. The number of ether oxygens (including phenoxy) is 2. The van der Waals surface area contributed by atoms with Crippen LogP contribution < -0.4 is 10.1 Å². The summed E-state index contributed by atoms with van der Waals surface area (Å²) < 4.78 is 11.4. The van der Waals surface area contributed by atoms with E-state index in [0.717, 1.165) is 38.6 Å². The highest BCUT2D eigenvalue weighted by molar-refractivity contribution is 5.86. The second-order valence-electron chi connectivity index (χ2n) is 6.72. The molecule has 0 bridgehead atoms. The van der Waals surface area contributed by atoms with E-state index in [-0.39, 0.29) is 6.10 Å². The molecule has 1 aliphatic rings. The first-order valence-electron chi connectivity index (χ1n) is 8.94. The maximum Gasteiger partial charge on any atom is 0.412 e. The molecule has 2 atom stereocenters. The van der Waals surface area contributed by atoms with Crippen molar-refractivity contribution in [1.29, 1.82) is 0 Å². The molecule has 24 heavy (non-hydrogen) atoms. The van der Waals surface area contributed by atoms with E-state index in [0.29, 0.717) is 24.0 Å².